The van der Waals surface area contributed by atoms with Crippen LogP contribution in [0.2, 0.25) is 0 Å². The molecular weight excluding hydrogens is 307 g/mol. The van der Waals surface area contributed by atoms with Crippen LogP contribution in [0.25, 0.3) is 0 Å². The van der Waals surface area contributed by atoms with Gasteiger partial charge in [0.2, 0.25) is 5.91 Å². The van der Waals surface area contributed by atoms with Crippen molar-refractivity contribution in [3.05, 3.63) is 54.4 Å². The lowest BCUT2D eigenvalue weighted by Crippen LogP contribution is -2.48. The van der Waals surface area contributed by atoms with Crippen molar-refractivity contribution in [1.82, 2.24) is 15.3 Å². The van der Waals surface area contributed by atoms with Crippen LogP contribution < -0.4 is 10.2 Å². The molecule has 0 radical (unpaired) electrons. The fourth-order valence-electron chi connectivity index (χ4n) is 3.02. The molecule has 1 aromatic heterocycles. The van der Waals surface area contributed by atoms with E-state index in [0.717, 1.165) is 25.1 Å². The van der Waals surface area contributed by atoms with Crippen LogP contribution in [-0.2, 0) is 11.2 Å². The minimum absolute atomic E-state index is 0.000960. The zero-order valence-corrected chi connectivity index (χ0v) is 13.5. The van der Waals surface area contributed by atoms with Gasteiger partial charge in [-0.15, -0.1) is 0 Å². The molecule has 126 valence electrons. The topological polar surface area (TPSA) is 58.1 Å². The highest BCUT2D eigenvalue weighted by Crippen LogP contribution is 2.22. The number of para-hydroxylation sites is 1. The van der Waals surface area contributed by atoms with Gasteiger partial charge in [0.1, 0.15) is 5.82 Å². The van der Waals surface area contributed by atoms with Crippen molar-refractivity contribution in [1.29, 1.82) is 0 Å². The van der Waals surface area contributed by atoms with E-state index >= 15 is 0 Å². The SMILES string of the molecule is O=C(CCc1cnccn1)NC1CCCN(c2ccccc2F)C1. The number of carbonyl (C=O) groups is 1. The summed E-state index contributed by atoms with van der Waals surface area (Å²) in [6.45, 7) is 1.45. The molecule has 1 saturated heterocycles. The first-order valence-electron chi connectivity index (χ1n) is 8.26. The Balaban J connectivity index is 1.52. The molecule has 6 heteroatoms. The predicted octanol–water partition coefficient (Wildman–Crippen LogP) is 2.33. The summed E-state index contributed by atoms with van der Waals surface area (Å²) in [5, 5.41) is 3.06. The molecule has 2 heterocycles. The Morgan fingerprint density at radius 2 is 2.21 bits per heavy atom. The number of aryl methyl sites for hydroxylation is 1. The normalized spacial score (nSPS) is 17.5. The summed E-state index contributed by atoms with van der Waals surface area (Å²) in [7, 11) is 0. The minimum Gasteiger partial charge on any atom is -0.367 e. The van der Waals surface area contributed by atoms with Crippen molar-refractivity contribution in [3.63, 3.8) is 0 Å². The number of amides is 1. The number of hydrogen-bond donors (Lipinski definition) is 1. The first-order valence-corrected chi connectivity index (χ1v) is 8.26. The number of nitrogens with one attached hydrogen (secondary N) is 1. The van der Waals surface area contributed by atoms with E-state index in [4.69, 9.17) is 0 Å². The molecule has 1 aliphatic rings. The quantitative estimate of drug-likeness (QED) is 0.915. The summed E-state index contributed by atoms with van der Waals surface area (Å²) >= 11 is 0. The van der Waals surface area contributed by atoms with E-state index in [1.807, 2.05) is 11.0 Å². The maximum atomic E-state index is 13.9. The second-order valence-electron chi connectivity index (χ2n) is 6.00. The summed E-state index contributed by atoms with van der Waals surface area (Å²) in [6.07, 6.45) is 7.72. The lowest BCUT2D eigenvalue weighted by atomic mass is 10.0. The van der Waals surface area contributed by atoms with Gasteiger partial charge >= 0.3 is 0 Å². The van der Waals surface area contributed by atoms with E-state index in [1.54, 1.807) is 30.7 Å². The van der Waals surface area contributed by atoms with E-state index in [2.05, 4.69) is 15.3 Å². The summed E-state index contributed by atoms with van der Waals surface area (Å²) in [5.41, 5.74) is 1.42. The molecule has 1 aromatic carbocycles. The Labute approximate surface area is 140 Å². The fourth-order valence-corrected chi connectivity index (χ4v) is 3.02. The number of piperidine rings is 1. The van der Waals surface area contributed by atoms with Gasteiger partial charge < -0.3 is 10.2 Å². The minimum atomic E-state index is -0.216. The molecule has 5 nitrogen and oxygen atoms in total. The van der Waals surface area contributed by atoms with Crippen LogP contribution in [0.4, 0.5) is 10.1 Å². The lowest BCUT2D eigenvalue weighted by molar-refractivity contribution is -0.121. The number of carbonyl (C=O) groups excluding carboxylic acids is 1. The van der Waals surface area contributed by atoms with Crippen LogP contribution in [-0.4, -0.2) is 35.0 Å². The van der Waals surface area contributed by atoms with Gasteiger partial charge in [0.05, 0.1) is 11.4 Å². The molecule has 24 heavy (non-hydrogen) atoms. The van der Waals surface area contributed by atoms with Gasteiger partial charge in [-0.1, -0.05) is 12.1 Å². The third-order valence-corrected chi connectivity index (χ3v) is 4.20. The van der Waals surface area contributed by atoms with Crippen LogP contribution in [0, 0.1) is 5.82 Å². The standard InChI is InChI=1S/C18H21FN4O/c19-16-5-1-2-6-17(16)23-11-3-4-15(13-23)22-18(24)8-7-14-12-20-9-10-21-14/h1-2,5-6,9-10,12,15H,3-4,7-8,11,13H2,(H,22,24). The highest BCUT2D eigenvalue weighted by Gasteiger charge is 2.23. The van der Waals surface area contributed by atoms with Gasteiger partial charge in [0, 0.05) is 44.1 Å². The Hall–Kier alpha value is -2.50. The molecule has 0 bridgehead atoms. The monoisotopic (exact) mass is 328 g/mol. The Bertz CT molecular complexity index is 680. The number of aromatic nitrogens is 2. The van der Waals surface area contributed by atoms with Crippen molar-refractivity contribution in [2.45, 2.75) is 31.7 Å². The summed E-state index contributed by atoms with van der Waals surface area (Å²) in [6, 6.07) is 6.83. The largest absolute Gasteiger partial charge is 0.367 e. The average Bonchev–Trinajstić information content (AvgIpc) is 2.61. The molecule has 2 aromatic rings. The van der Waals surface area contributed by atoms with Crippen molar-refractivity contribution in [3.8, 4) is 0 Å². The first-order chi connectivity index (χ1) is 11.7. The molecule has 1 amide bonds. The highest BCUT2D eigenvalue weighted by atomic mass is 19.1. The van der Waals surface area contributed by atoms with E-state index in [9.17, 15) is 9.18 Å². The Morgan fingerprint density at radius 3 is 3.00 bits per heavy atom. The molecular formula is C18H21FN4O. The zero-order valence-electron chi connectivity index (χ0n) is 13.5. The predicted molar refractivity (Wildman–Crippen MR) is 90.1 cm³/mol. The van der Waals surface area contributed by atoms with Crippen molar-refractivity contribution < 1.29 is 9.18 Å². The second-order valence-corrected chi connectivity index (χ2v) is 6.00. The number of halogens is 1. The molecule has 0 aliphatic carbocycles. The second kappa shape index (κ2) is 7.86. The number of hydrogen-bond acceptors (Lipinski definition) is 4. The maximum Gasteiger partial charge on any atom is 0.220 e. The lowest BCUT2D eigenvalue weighted by Gasteiger charge is -2.35. The summed E-state index contributed by atoms with van der Waals surface area (Å²) in [5.74, 6) is -0.215. The first kappa shape index (κ1) is 16.4. The van der Waals surface area contributed by atoms with Gasteiger partial charge in [-0.05, 0) is 31.4 Å². The van der Waals surface area contributed by atoms with Crippen molar-refractivity contribution >= 4 is 11.6 Å². The van der Waals surface area contributed by atoms with Gasteiger partial charge in [-0.2, -0.15) is 0 Å². The van der Waals surface area contributed by atoms with Crippen molar-refractivity contribution in [2.75, 3.05) is 18.0 Å². The molecule has 1 N–H and O–H groups in total. The average molecular weight is 328 g/mol. The molecule has 1 unspecified atom stereocenters. The maximum absolute atomic E-state index is 13.9. The number of benzene rings is 1. The van der Waals surface area contributed by atoms with Crippen LogP contribution in [0.15, 0.2) is 42.9 Å². The smallest absolute Gasteiger partial charge is 0.220 e. The van der Waals surface area contributed by atoms with Gasteiger partial charge in [0.15, 0.2) is 0 Å². The fraction of sp³-hybridized carbons (Fsp3) is 0.389. The van der Waals surface area contributed by atoms with Crippen LogP contribution in [0.5, 0.6) is 0 Å². The zero-order chi connectivity index (χ0) is 16.8. The van der Waals surface area contributed by atoms with Gasteiger partial charge in [0.25, 0.3) is 0 Å². The third kappa shape index (κ3) is 4.28. The number of anilines is 1. The molecule has 1 aliphatic heterocycles. The van der Waals surface area contributed by atoms with Crippen LogP contribution in [0.3, 0.4) is 0 Å². The van der Waals surface area contributed by atoms with Crippen LogP contribution in [0.1, 0.15) is 25.0 Å². The molecule has 0 saturated carbocycles. The molecule has 0 spiro atoms. The Kier molecular flexibility index (Phi) is 5.36. The van der Waals surface area contributed by atoms with Gasteiger partial charge in [-0.25, -0.2) is 4.39 Å². The van der Waals surface area contributed by atoms with Crippen LogP contribution >= 0.6 is 0 Å². The highest BCUT2D eigenvalue weighted by molar-refractivity contribution is 5.76. The Morgan fingerprint density at radius 1 is 1.33 bits per heavy atom. The molecule has 3 rings (SSSR count). The number of nitrogens with zero attached hydrogens (tertiary/aromatic N) is 3. The summed E-state index contributed by atoms with van der Waals surface area (Å²) in [4.78, 5) is 22.3. The summed E-state index contributed by atoms with van der Waals surface area (Å²) < 4.78 is 13.9. The van der Waals surface area contributed by atoms with Gasteiger partial charge in [-0.3, -0.25) is 14.8 Å². The van der Waals surface area contributed by atoms with Crippen molar-refractivity contribution in [2.24, 2.45) is 0 Å². The molecule has 1 fully saturated rings. The van der Waals surface area contributed by atoms with E-state index in [1.165, 1.54) is 6.07 Å². The third-order valence-electron chi connectivity index (χ3n) is 4.20. The molecule has 1 atom stereocenters. The number of rotatable bonds is 5. The van der Waals surface area contributed by atoms with E-state index in [-0.39, 0.29) is 17.8 Å². The van der Waals surface area contributed by atoms with E-state index < -0.39 is 0 Å². The van der Waals surface area contributed by atoms with E-state index in [0.29, 0.717) is 25.1 Å².